The van der Waals surface area contributed by atoms with Crippen molar-refractivity contribution in [1.82, 2.24) is 4.90 Å². The molecule has 2 aliphatic rings. The number of rotatable bonds is 5. The molecule has 7 nitrogen and oxygen atoms in total. The zero-order valence-corrected chi connectivity index (χ0v) is 21.3. The van der Waals surface area contributed by atoms with Crippen LogP contribution < -0.4 is 5.32 Å². The van der Waals surface area contributed by atoms with E-state index in [1.165, 1.54) is 0 Å². The lowest BCUT2D eigenvalue weighted by atomic mass is 9.81. The van der Waals surface area contributed by atoms with Crippen LogP contribution >= 0.6 is 59.4 Å². The number of amides is 3. The van der Waals surface area contributed by atoms with Gasteiger partial charge in [-0.3, -0.25) is 24.1 Å². The molecular formula is C19H18Br3ClN2O5. The van der Waals surface area contributed by atoms with E-state index >= 15 is 0 Å². The van der Waals surface area contributed by atoms with Crippen molar-refractivity contribution in [1.29, 1.82) is 0 Å². The van der Waals surface area contributed by atoms with Crippen LogP contribution in [0.1, 0.15) is 18.4 Å². The zero-order chi connectivity index (χ0) is 22.2. The highest BCUT2D eigenvalue weighted by atomic mass is 79.9. The second-order valence-corrected chi connectivity index (χ2v) is 10.8. The van der Waals surface area contributed by atoms with Gasteiger partial charge in [-0.2, -0.15) is 0 Å². The lowest BCUT2D eigenvalue weighted by molar-refractivity contribution is -0.154. The Morgan fingerprint density at radius 2 is 1.73 bits per heavy atom. The van der Waals surface area contributed by atoms with Gasteiger partial charge in [0.25, 0.3) is 5.91 Å². The number of hydrogen-bond acceptors (Lipinski definition) is 5. The molecule has 11 heteroatoms. The van der Waals surface area contributed by atoms with Crippen LogP contribution in [-0.4, -0.2) is 51.4 Å². The number of alkyl halides is 2. The second-order valence-electron chi connectivity index (χ2n) is 7.22. The molecule has 1 saturated heterocycles. The minimum absolute atomic E-state index is 0.0849. The summed E-state index contributed by atoms with van der Waals surface area (Å²) in [7, 11) is 0. The molecule has 1 aliphatic carbocycles. The van der Waals surface area contributed by atoms with Crippen molar-refractivity contribution in [3.05, 3.63) is 27.2 Å². The molecule has 1 N–H and O–H groups in total. The minimum atomic E-state index is -0.818. The van der Waals surface area contributed by atoms with E-state index in [2.05, 4.69) is 53.1 Å². The highest BCUT2D eigenvalue weighted by molar-refractivity contribution is 9.12. The number of nitrogens with one attached hydrogen (secondary N) is 1. The average Bonchev–Trinajstić information content (AvgIpc) is 2.92. The number of esters is 1. The van der Waals surface area contributed by atoms with Crippen LogP contribution in [0.2, 0.25) is 5.02 Å². The number of carbonyl (C=O) groups excluding carboxylic acids is 4. The number of nitrogens with zero attached hydrogens (tertiary/aromatic N) is 1. The van der Waals surface area contributed by atoms with Crippen LogP contribution in [0.5, 0.6) is 0 Å². The molecule has 3 rings (SSSR count). The molecule has 30 heavy (non-hydrogen) atoms. The third-order valence-corrected chi connectivity index (χ3v) is 9.38. The van der Waals surface area contributed by atoms with Gasteiger partial charge in [-0.25, -0.2) is 0 Å². The van der Waals surface area contributed by atoms with Gasteiger partial charge in [0, 0.05) is 19.8 Å². The number of ether oxygens (including phenoxy) is 1. The monoisotopic (exact) mass is 626 g/mol. The molecule has 4 atom stereocenters. The Labute approximate surface area is 203 Å². The van der Waals surface area contributed by atoms with E-state index in [4.69, 9.17) is 16.3 Å². The normalized spacial score (nSPS) is 25.8. The van der Waals surface area contributed by atoms with Gasteiger partial charge in [-0.05, 0) is 53.4 Å². The molecule has 0 aromatic heterocycles. The quantitative estimate of drug-likeness (QED) is 0.304. The smallest absolute Gasteiger partial charge is 0.326 e. The lowest BCUT2D eigenvalue weighted by Gasteiger charge is -2.29. The van der Waals surface area contributed by atoms with E-state index < -0.39 is 36.9 Å². The van der Waals surface area contributed by atoms with Crippen molar-refractivity contribution in [2.75, 3.05) is 18.5 Å². The first-order valence-corrected chi connectivity index (χ1v) is 12.1. The Hall–Kier alpha value is -0.970. The van der Waals surface area contributed by atoms with Gasteiger partial charge in [0.2, 0.25) is 11.8 Å². The van der Waals surface area contributed by atoms with Crippen molar-refractivity contribution in [2.24, 2.45) is 11.8 Å². The van der Waals surface area contributed by atoms with Crippen LogP contribution in [0.3, 0.4) is 0 Å². The molecule has 1 saturated carbocycles. The highest BCUT2D eigenvalue weighted by Gasteiger charge is 2.52. The molecule has 1 heterocycles. The fourth-order valence-corrected chi connectivity index (χ4v) is 5.45. The molecule has 0 bridgehead atoms. The van der Waals surface area contributed by atoms with E-state index in [9.17, 15) is 19.2 Å². The van der Waals surface area contributed by atoms with Crippen LogP contribution in [0.4, 0.5) is 5.69 Å². The van der Waals surface area contributed by atoms with Crippen LogP contribution in [0, 0.1) is 18.8 Å². The zero-order valence-electron chi connectivity index (χ0n) is 15.8. The molecule has 0 radical (unpaired) electrons. The molecule has 2 fully saturated rings. The number of imide groups is 1. The maximum atomic E-state index is 12.6. The van der Waals surface area contributed by atoms with Gasteiger partial charge in [-0.15, -0.1) is 0 Å². The fourth-order valence-electron chi connectivity index (χ4n) is 3.61. The number of carbonyl (C=O) groups is 4. The Morgan fingerprint density at radius 3 is 2.30 bits per heavy atom. The SMILES string of the molecule is Cc1c(NC(=O)COC(=O)CN2C(=O)[C@H]3C[C@H](Br)[C@@H](Br)C[C@H]3C2=O)ccc(Br)c1Cl. The van der Waals surface area contributed by atoms with Gasteiger partial charge in [0.1, 0.15) is 6.54 Å². The summed E-state index contributed by atoms with van der Waals surface area (Å²) in [6.07, 6.45) is 1.04. The van der Waals surface area contributed by atoms with Crippen LogP contribution in [-0.2, 0) is 23.9 Å². The first-order valence-electron chi connectivity index (χ1n) is 9.13. The molecule has 0 spiro atoms. The number of benzene rings is 1. The van der Waals surface area contributed by atoms with Crippen molar-refractivity contribution in [2.45, 2.75) is 29.4 Å². The van der Waals surface area contributed by atoms with E-state index in [1.807, 2.05) is 0 Å². The lowest BCUT2D eigenvalue weighted by Crippen LogP contribution is -2.37. The molecule has 3 amide bonds. The first-order chi connectivity index (χ1) is 14.1. The van der Waals surface area contributed by atoms with Gasteiger partial charge >= 0.3 is 5.97 Å². The highest BCUT2D eigenvalue weighted by Crippen LogP contribution is 2.43. The maximum absolute atomic E-state index is 12.6. The standard InChI is InChI=1S/C19H18Br3ClN2O5/c1-8-14(3-2-11(20)17(8)23)24-15(26)7-30-16(27)6-25-18(28)9-4-12(21)13(22)5-10(9)19(25)29/h2-3,9-10,12-13H,4-7H2,1H3,(H,24,26)/t9-,10+,12-,13-/m0/s1. The Kier molecular flexibility index (Phi) is 7.63. The number of anilines is 1. The second kappa shape index (κ2) is 9.67. The molecule has 162 valence electrons. The minimum Gasteiger partial charge on any atom is -0.454 e. The van der Waals surface area contributed by atoms with E-state index in [0.29, 0.717) is 33.6 Å². The summed E-state index contributed by atoms with van der Waals surface area (Å²) in [5.41, 5.74) is 1.16. The third kappa shape index (κ3) is 4.92. The molecule has 0 unspecified atom stereocenters. The summed E-state index contributed by atoms with van der Waals surface area (Å²) in [5.74, 6) is -2.97. The van der Waals surface area contributed by atoms with Gasteiger partial charge < -0.3 is 10.1 Å². The van der Waals surface area contributed by atoms with Crippen LogP contribution in [0.15, 0.2) is 16.6 Å². The van der Waals surface area contributed by atoms with Crippen molar-refractivity contribution >= 4 is 88.8 Å². The van der Waals surface area contributed by atoms with Crippen molar-refractivity contribution in [3.63, 3.8) is 0 Å². The predicted molar refractivity (Wildman–Crippen MR) is 122 cm³/mol. The largest absolute Gasteiger partial charge is 0.454 e. The maximum Gasteiger partial charge on any atom is 0.326 e. The Balaban J connectivity index is 1.53. The number of likely N-dealkylation sites (tertiary alicyclic amines) is 1. The summed E-state index contributed by atoms with van der Waals surface area (Å²) in [6.45, 7) is 0.705. The summed E-state index contributed by atoms with van der Waals surface area (Å²) in [5, 5.41) is 3.08. The van der Waals surface area contributed by atoms with Gasteiger partial charge in [0.15, 0.2) is 6.61 Å². The molecule has 1 aliphatic heterocycles. The fraction of sp³-hybridized carbons (Fsp3) is 0.474. The Bertz CT molecular complexity index is 884. The molecule has 1 aromatic carbocycles. The summed E-state index contributed by atoms with van der Waals surface area (Å²) in [4.78, 5) is 50.5. The molecule has 1 aromatic rings. The van der Waals surface area contributed by atoms with E-state index in [-0.39, 0.29) is 21.5 Å². The topological polar surface area (TPSA) is 92.8 Å². The number of hydrogen-bond donors (Lipinski definition) is 1. The first kappa shape index (κ1) is 23.7. The van der Waals surface area contributed by atoms with E-state index in [0.717, 1.165) is 4.90 Å². The summed E-state index contributed by atoms with van der Waals surface area (Å²) < 4.78 is 5.66. The third-order valence-electron chi connectivity index (χ3n) is 5.27. The number of fused-ring (bicyclic) bond motifs is 1. The predicted octanol–water partition coefficient (Wildman–Crippen LogP) is 3.81. The van der Waals surface area contributed by atoms with Gasteiger partial charge in [-0.1, -0.05) is 43.5 Å². The number of halogens is 4. The summed E-state index contributed by atoms with van der Waals surface area (Å²) >= 11 is 16.5. The van der Waals surface area contributed by atoms with Gasteiger partial charge in [0.05, 0.1) is 16.9 Å². The Morgan fingerprint density at radius 1 is 1.17 bits per heavy atom. The van der Waals surface area contributed by atoms with Crippen molar-refractivity contribution < 1.29 is 23.9 Å². The average molecular weight is 630 g/mol. The molecular weight excluding hydrogens is 611 g/mol. The van der Waals surface area contributed by atoms with E-state index in [1.54, 1.807) is 19.1 Å². The summed E-state index contributed by atoms with van der Waals surface area (Å²) in [6, 6.07) is 3.36. The van der Waals surface area contributed by atoms with Crippen LogP contribution in [0.25, 0.3) is 0 Å². The van der Waals surface area contributed by atoms with Crippen molar-refractivity contribution in [3.8, 4) is 0 Å².